The molecular weight excluding hydrogens is 388 g/mol. The summed E-state index contributed by atoms with van der Waals surface area (Å²) in [6, 6.07) is 21.8. The first-order chi connectivity index (χ1) is 14.0. The molecule has 0 saturated carbocycles. The van der Waals surface area contributed by atoms with E-state index in [-0.39, 0.29) is 17.5 Å². The van der Waals surface area contributed by atoms with E-state index < -0.39 is 0 Å². The van der Waals surface area contributed by atoms with Crippen LogP contribution in [0, 0.1) is 0 Å². The van der Waals surface area contributed by atoms with Crippen molar-refractivity contribution < 1.29 is 9.59 Å². The molecule has 144 valence electrons. The number of halogens is 1. The second-order valence-electron chi connectivity index (χ2n) is 6.45. The second kappa shape index (κ2) is 7.77. The minimum atomic E-state index is -0.375. The van der Waals surface area contributed by atoms with Gasteiger partial charge in [-0.25, -0.2) is 0 Å². The average Bonchev–Trinajstić information content (AvgIpc) is 3.09. The smallest absolute Gasteiger partial charge is 0.276 e. The van der Waals surface area contributed by atoms with Crippen molar-refractivity contribution >= 4 is 45.7 Å². The highest BCUT2D eigenvalue weighted by atomic mass is 35.5. The van der Waals surface area contributed by atoms with Gasteiger partial charge in [0.25, 0.3) is 11.8 Å². The molecule has 6 nitrogen and oxygen atoms in total. The van der Waals surface area contributed by atoms with Crippen molar-refractivity contribution in [2.45, 2.75) is 0 Å². The SMILES string of the molecule is Cn1nc(C(=O)Nc2cccc3ccccc23)cc1NC(=O)c1ccccc1Cl. The van der Waals surface area contributed by atoms with Gasteiger partial charge < -0.3 is 10.6 Å². The van der Waals surface area contributed by atoms with E-state index in [9.17, 15) is 9.59 Å². The summed E-state index contributed by atoms with van der Waals surface area (Å²) in [5, 5.41) is 12.1. The highest BCUT2D eigenvalue weighted by Gasteiger charge is 2.17. The van der Waals surface area contributed by atoms with Gasteiger partial charge in [-0.15, -0.1) is 0 Å². The molecule has 1 heterocycles. The van der Waals surface area contributed by atoms with Gasteiger partial charge in [-0.2, -0.15) is 5.10 Å². The molecule has 29 heavy (non-hydrogen) atoms. The Labute approximate surface area is 172 Å². The zero-order chi connectivity index (χ0) is 20.4. The first kappa shape index (κ1) is 18.7. The largest absolute Gasteiger partial charge is 0.320 e. The standard InChI is InChI=1S/C22H17ClN4O2/c1-27-20(25-21(28)16-10-4-5-11-17(16)23)13-19(26-27)22(29)24-18-12-6-8-14-7-2-3-9-15(14)18/h2-13H,1H3,(H,24,29)(H,25,28). The van der Waals surface area contributed by atoms with Gasteiger partial charge in [0.1, 0.15) is 5.82 Å². The molecule has 0 fully saturated rings. The number of nitrogens with zero attached hydrogens (tertiary/aromatic N) is 2. The number of fused-ring (bicyclic) bond motifs is 1. The Morgan fingerprint density at radius 2 is 1.62 bits per heavy atom. The van der Waals surface area contributed by atoms with Gasteiger partial charge in [-0.05, 0) is 23.6 Å². The van der Waals surface area contributed by atoms with Gasteiger partial charge in [-0.3, -0.25) is 14.3 Å². The van der Waals surface area contributed by atoms with Crippen LogP contribution in [0.4, 0.5) is 11.5 Å². The molecule has 1 aromatic heterocycles. The fraction of sp³-hybridized carbons (Fsp3) is 0.0455. The number of aryl methyl sites for hydroxylation is 1. The number of rotatable bonds is 4. The summed E-state index contributed by atoms with van der Waals surface area (Å²) in [4.78, 5) is 25.2. The predicted molar refractivity (Wildman–Crippen MR) is 115 cm³/mol. The monoisotopic (exact) mass is 404 g/mol. The number of carbonyl (C=O) groups excluding carboxylic acids is 2. The van der Waals surface area contributed by atoms with E-state index in [1.807, 2.05) is 42.5 Å². The molecule has 4 rings (SSSR count). The molecule has 0 radical (unpaired) electrons. The maximum absolute atomic E-state index is 12.7. The quantitative estimate of drug-likeness (QED) is 0.516. The lowest BCUT2D eigenvalue weighted by Gasteiger charge is -2.07. The molecule has 0 spiro atoms. The van der Waals surface area contributed by atoms with E-state index in [1.165, 1.54) is 10.7 Å². The first-order valence-corrected chi connectivity index (χ1v) is 9.30. The third kappa shape index (κ3) is 3.83. The van der Waals surface area contributed by atoms with Crippen LogP contribution in [0.25, 0.3) is 10.8 Å². The Bertz CT molecular complexity index is 1230. The van der Waals surface area contributed by atoms with E-state index >= 15 is 0 Å². The second-order valence-corrected chi connectivity index (χ2v) is 6.86. The van der Waals surface area contributed by atoms with Gasteiger partial charge >= 0.3 is 0 Å². The molecule has 7 heteroatoms. The topological polar surface area (TPSA) is 76.0 Å². The van der Waals surface area contributed by atoms with E-state index in [0.717, 1.165) is 10.8 Å². The number of nitrogens with one attached hydrogen (secondary N) is 2. The average molecular weight is 405 g/mol. The summed E-state index contributed by atoms with van der Waals surface area (Å²) < 4.78 is 1.44. The lowest BCUT2D eigenvalue weighted by molar-refractivity contribution is 0.101. The summed E-state index contributed by atoms with van der Waals surface area (Å²) in [7, 11) is 1.65. The lowest BCUT2D eigenvalue weighted by atomic mass is 10.1. The number of hydrogen-bond donors (Lipinski definition) is 2. The van der Waals surface area contributed by atoms with Crippen LogP contribution in [0.5, 0.6) is 0 Å². The maximum Gasteiger partial charge on any atom is 0.276 e. The lowest BCUT2D eigenvalue weighted by Crippen LogP contribution is -2.14. The zero-order valence-corrected chi connectivity index (χ0v) is 16.3. The Morgan fingerprint density at radius 1 is 0.897 bits per heavy atom. The van der Waals surface area contributed by atoms with E-state index in [0.29, 0.717) is 22.1 Å². The molecule has 0 aliphatic heterocycles. The molecule has 0 unspecified atom stereocenters. The Hall–Kier alpha value is -3.64. The van der Waals surface area contributed by atoms with Gasteiger partial charge in [0.05, 0.1) is 10.6 Å². The number of carbonyl (C=O) groups is 2. The Kier molecular flexibility index (Phi) is 5.01. The first-order valence-electron chi connectivity index (χ1n) is 8.92. The van der Waals surface area contributed by atoms with Crippen LogP contribution < -0.4 is 10.6 Å². The van der Waals surface area contributed by atoms with Crippen LogP contribution in [-0.2, 0) is 7.05 Å². The summed E-state index contributed by atoms with van der Waals surface area (Å²) in [6.07, 6.45) is 0. The van der Waals surface area contributed by atoms with Crippen molar-refractivity contribution in [1.82, 2.24) is 9.78 Å². The summed E-state index contributed by atoms with van der Waals surface area (Å²) in [5.74, 6) is -0.354. The molecule has 0 bridgehead atoms. The fourth-order valence-corrected chi connectivity index (χ4v) is 3.27. The summed E-state index contributed by atoms with van der Waals surface area (Å²) in [6.45, 7) is 0. The summed E-state index contributed by atoms with van der Waals surface area (Å²) in [5.41, 5.74) is 1.23. The van der Waals surface area contributed by atoms with Crippen LogP contribution in [0.1, 0.15) is 20.8 Å². The number of hydrogen-bond acceptors (Lipinski definition) is 3. The van der Waals surface area contributed by atoms with Crippen molar-refractivity contribution in [3.05, 3.63) is 89.1 Å². The number of amides is 2. The molecule has 0 aliphatic carbocycles. The van der Waals surface area contributed by atoms with Crippen LogP contribution in [-0.4, -0.2) is 21.6 Å². The molecule has 2 amide bonds. The van der Waals surface area contributed by atoms with E-state index in [2.05, 4.69) is 15.7 Å². The van der Waals surface area contributed by atoms with Gasteiger partial charge in [-0.1, -0.05) is 60.1 Å². The highest BCUT2D eigenvalue weighted by molar-refractivity contribution is 6.34. The van der Waals surface area contributed by atoms with Gasteiger partial charge in [0.2, 0.25) is 0 Å². The number of anilines is 2. The van der Waals surface area contributed by atoms with Crippen molar-refractivity contribution in [1.29, 1.82) is 0 Å². The van der Waals surface area contributed by atoms with Gasteiger partial charge in [0, 0.05) is 24.2 Å². The third-order valence-electron chi connectivity index (χ3n) is 4.51. The van der Waals surface area contributed by atoms with E-state index in [1.54, 1.807) is 31.3 Å². The van der Waals surface area contributed by atoms with Crippen LogP contribution in [0.15, 0.2) is 72.8 Å². The molecule has 4 aromatic rings. The Balaban J connectivity index is 1.55. The molecule has 2 N–H and O–H groups in total. The Morgan fingerprint density at radius 3 is 2.45 bits per heavy atom. The minimum absolute atomic E-state index is 0.190. The highest BCUT2D eigenvalue weighted by Crippen LogP contribution is 2.24. The fourth-order valence-electron chi connectivity index (χ4n) is 3.04. The van der Waals surface area contributed by atoms with Crippen molar-refractivity contribution in [2.75, 3.05) is 10.6 Å². The van der Waals surface area contributed by atoms with Crippen molar-refractivity contribution in [2.24, 2.45) is 7.05 Å². The zero-order valence-electron chi connectivity index (χ0n) is 15.5. The molecule has 0 saturated heterocycles. The van der Waals surface area contributed by atoms with Gasteiger partial charge in [0.15, 0.2) is 5.69 Å². The normalized spacial score (nSPS) is 10.7. The van der Waals surface area contributed by atoms with Crippen LogP contribution in [0.2, 0.25) is 5.02 Å². The third-order valence-corrected chi connectivity index (χ3v) is 4.84. The summed E-state index contributed by atoms with van der Waals surface area (Å²) >= 11 is 6.07. The molecule has 3 aromatic carbocycles. The number of benzene rings is 3. The molecular formula is C22H17ClN4O2. The molecule has 0 aliphatic rings. The van der Waals surface area contributed by atoms with E-state index in [4.69, 9.17) is 11.6 Å². The van der Waals surface area contributed by atoms with Crippen molar-refractivity contribution in [3.63, 3.8) is 0 Å². The minimum Gasteiger partial charge on any atom is -0.320 e. The van der Waals surface area contributed by atoms with Crippen LogP contribution in [0.3, 0.4) is 0 Å². The van der Waals surface area contributed by atoms with Crippen molar-refractivity contribution in [3.8, 4) is 0 Å². The predicted octanol–water partition coefficient (Wildman–Crippen LogP) is 4.73. The number of aromatic nitrogens is 2. The molecule has 0 atom stereocenters. The maximum atomic E-state index is 12.7. The van der Waals surface area contributed by atoms with Crippen LogP contribution >= 0.6 is 11.6 Å².